The number of hydrogen-bond donors (Lipinski definition) is 0. The van der Waals surface area contributed by atoms with E-state index >= 15 is 0 Å². The Morgan fingerprint density at radius 2 is 1.71 bits per heavy atom. The average Bonchev–Trinajstić information content (AvgIpc) is 2.69. The fraction of sp³-hybridized carbons (Fsp3) is 0.286. The quantitative estimate of drug-likeness (QED) is 0.530. The number of carbonyl (C=O) groups excluding carboxylic acids is 1. The van der Waals surface area contributed by atoms with E-state index < -0.39 is 6.61 Å². The molecule has 2 aromatic rings. The predicted molar refractivity (Wildman–Crippen MR) is 99.8 cm³/mol. The highest BCUT2D eigenvalue weighted by molar-refractivity contribution is 6.04. The van der Waals surface area contributed by atoms with Crippen LogP contribution in [0.3, 0.4) is 0 Å². The Balaban J connectivity index is 1.48. The smallest absolute Gasteiger partial charge is 0.387 e. The first-order valence-electron chi connectivity index (χ1n) is 8.98. The number of benzene rings is 2. The van der Waals surface area contributed by atoms with Gasteiger partial charge < -0.3 is 9.64 Å². The number of piperazine rings is 1. The molecule has 1 fully saturated rings. The highest BCUT2D eigenvalue weighted by Crippen LogP contribution is 2.16. The molecule has 2 aromatic carbocycles. The molecule has 0 bridgehead atoms. The Bertz CT molecular complexity index is 817. The molecule has 148 valence electrons. The monoisotopic (exact) mass is 390 g/mol. The van der Waals surface area contributed by atoms with Crippen molar-refractivity contribution in [2.45, 2.75) is 13.2 Å². The van der Waals surface area contributed by atoms with Crippen LogP contribution in [-0.4, -0.2) is 48.4 Å². The number of ketones is 1. The minimum absolute atomic E-state index is 0.0153. The summed E-state index contributed by atoms with van der Waals surface area (Å²) in [5.74, 6) is -0.390. The molecule has 0 radical (unpaired) electrons. The molecular formula is C21H21F3N2O2. The Morgan fingerprint density at radius 3 is 2.36 bits per heavy atom. The zero-order valence-corrected chi connectivity index (χ0v) is 15.2. The van der Waals surface area contributed by atoms with Gasteiger partial charge >= 0.3 is 6.61 Å². The van der Waals surface area contributed by atoms with E-state index in [0.29, 0.717) is 17.7 Å². The predicted octanol–water partition coefficient (Wildman–Crippen LogP) is 3.94. The van der Waals surface area contributed by atoms with Gasteiger partial charge in [-0.1, -0.05) is 18.2 Å². The molecule has 1 aliphatic heterocycles. The summed E-state index contributed by atoms with van der Waals surface area (Å²) in [4.78, 5) is 16.4. The lowest BCUT2D eigenvalue weighted by atomic mass is 10.1. The van der Waals surface area contributed by atoms with Crippen LogP contribution >= 0.6 is 0 Å². The van der Waals surface area contributed by atoms with Gasteiger partial charge in [-0.05, 0) is 30.3 Å². The molecule has 4 nitrogen and oxygen atoms in total. The summed E-state index contributed by atoms with van der Waals surface area (Å²) in [7, 11) is 0. The van der Waals surface area contributed by atoms with Crippen molar-refractivity contribution in [3.8, 4) is 5.75 Å². The summed E-state index contributed by atoms with van der Waals surface area (Å²) in [6.07, 6.45) is 3.21. The van der Waals surface area contributed by atoms with E-state index in [0.717, 1.165) is 26.2 Å². The summed E-state index contributed by atoms with van der Waals surface area (Å²) in [5, 5.41) is 0. The second-order valence-electron chi connectivity index (χ2n) is 6.49. The van der Waals surface area contributed by atoms with Crippen molar-refractivity contribution in [1.29, 1.82) is 0 Å². The van der Waals surface area contributed by atoms with Crippen molar-refractivity contribution in [3.63, 3.8) is 0 Å². The first-order chi connectivity index (χ1) is 13.5. The maximum atomic E-state index is 13.7. The lowest BCUT2D eigenvalue weighted by Crippen LogP contribution is -2.43. The van der Waals surface area contributed by atoms with Crippen molar-refractivity contribution in [1.82, 2.24) is 9.80 Å². The zero-order chi connectivity index (χ0) is 19.9. The van der Waals surface area contributed by atoms with Gasteiger partial charge in [0.05, 0.1) is 0 Å². The molecule has 3 rings (SSSR count). The third-order valence-corrected chi connectivity index (χ3v) is 4.56. The minimum Gasteiger partial charge on any atom is -0.435 e. The summed E-state index contributed by atoms with van der Waals surface area (Å²) >= 11 is 0. The molecule has 1 aliphatic rings. The van der Waals surface area contributed by atoms with Crippen LogP contribution in [0.25, 0.3) is 0 Å². The maximum absolute atomic E-state index is 13.7. The number of alkyl halides is 2. The van der Waals surface area contributed by atoms with E-state index in [1.165, 1.54) is 36.4 Å². The average molecular weight is 390 g/mol. The molecule has 7 heteroatoms. The van der Waals surface area contributed by atoms with Crippen LogP contribution in [-0.2, 0) is 6.54 Å². The molecule has 0 N–H and O–H groups in total. The van der Waals surface area contributed by atoms with Crippen molar-refractivity contribution in [3.05, 3.63) is 77.8 Å². The van der Waals surface area contributed by atoms with Gasteiger partial charge in [0.25, 0.3) is 0 Å². The number of halogens is 3. The number of rotatable bonds is 7. The summed E-state index contributed by atoms with van der Waals surface area (Å²) in [6, 6.07) is 12.4. The largest absolute Gasteiger partial charge is 0.435 e. The molecule has 0 aromatic heterocycles. The molecule has 0 unspecified atom stereocenters. The second kappa shape index (κ2) is 9.41. The lowest BCUT2D eigenvalue weighted by molar-refractivity contribution is -0.0498. The van der Waals surface area contributed by atoms with Gasteiger partial charge in [-0.2, -0.15) is 8.78 Å². The normalized spacial score (nSPS) is 15.4. The number of hydrogen-bond acceptors (Lipinski definition) is 4. The van der Waals surface area contributed by atoms with Crippen molar-refractivity contribution in [2.24, 2.45) is 0 Å². The van der Waals surface area contributed by atoms with Gasteiger partial charge in [0, 0.05) is 56.1 Å². The minimum atomic E-state index is -2.89. The van der Waals surface area contributed by atoms with E-state index in [-0.39, 0.29) is 17.3 Å². The van der Waals surface area contributed by atoms with Gasteiger partial charge in [0.15, 0.2) is 5.78 Å². The van der Waals surface area contributed by atoms with Crippen molar-refractivity contribution in [2.75, 3.05) is 26.2 Å². The van der Waals surface area contributed by atoms with Gasteiger partial charge in [-0.25, -0.2) is 4.39 Å². The molecule has 1 heterocycles. The summed E-state index contributed by atoms with van der Waals surface area (Å²) in [6.45, 7) is 0.687. The molecule has 0 aliphatic carbocycles. The standard InChI is InChI=1S/C21H21F3N2O2/c22-19-4-2-1-3-17(19)15-26-13-11-25(12-14-26)10-9-20(27)16-5-7-18(8-6-16)28-21(23)24/h1-10,21H,11-15H2/b10-9+. The SMILES string of the molecule is O=C(/C=C/N1CCN(Cc2ccccc2F)CC1)c1ccc(OC(F)F)cc1. The Labute approximate surface area is 161 Å². The first-order valence-corrected chi connectivity index (χ1v) is 8.98. The van der Waals surface area contributed by atoms with Crippen LogP contribution < -0.4 is 4.74 Å². The topological polar surface area (TPSA) is 32.8 Å². The third kappa shape index (κ3) is 5.60. The molecule has 0 saturated carbocycles. The molecule has 0 atom stereocenters. The van der Waals surface area contributed by atoms with E-state index in [9.17, 15) is 18.0 Å². The molecule has 28 heavy (non-hydrogen) atoms. The van der Waals surface area contributed by atoms with E-state index in [4.69, 9.17) is 0 Å². The third-order valence-electron chi connectivity index (χ3n) is 4.56. The Morgan fingerprint density at radius 1 is 1.04 bits per heavy atom. The van der Waals surface area contributed by atoms with Crippen molar-refractivity contribution >= 4 is 5.78 Å². The number of allylic oxidation sites excluding steroid dienone is 1. The maximum Gasteiger partial charge on any atom is 0.387 e. The first kappa shape index (κ1) is 19.9. The van der Waals surface area contributed by atoms with Gasteiger partial charge in [0.1, 0.15) is 11.6 Å². The molecular weight excluding hydrogens is 369 g/mol. The van der Waals surface area contributed by atoms with E-state index in [1.807, 2.05) is 11.0 Å². The molecule has 0 spiro atoms. The highest BCUT2D eigenvalue weighted by Gasteiger charge is 2.16. The number of nitrogens with zero attached hydrogens (tertiary/aromatic N) is 2. The van der Waals surface area contributed by atoms with Crippen LogP contribution in [0.5, 0.6) is 5.75 Å². The Hall–Kier alpha value is -2.80. The van der Waals surface area contributed by atoms with Gasteiger partial charge in [-0.15, -0.1) is 0 Å². The van der Waals surface area contributed by atoms with E-state index in [1.54, 1.807) is 18.3 Å². The van der Waals surface area contributed by atoms with Crippen LogP contribution in [0.2, 0.25) is 0 Å². The van der Waals surface area contributed by atoms with Crippen LogP contribution in [0.15, 0.2) is 60.8 Å². The summed E-state index contributed by atoms with van der Waals surface area (Å²) < 4.78 is 42.3. The highest BCUT2D eigenvalue weighted by atomic mass is 19.3. The number of ether oxygens (including phenoxy) is 1. The molecule has 0 amide bonds. The van der Waals surface area contributed by atoms with Gasteiger partial charge in [-0.3, -0.25) is 9.69 Å². The Kier molecular flexibility index (Phi) is 6.71. The fourth-order valence-electron chi connectivity index (χ4n) is 3.01. The van der Waals surface area contributed by atoms with Crippen LogP contribution in [0.4, 0.5) is 13.2 Å². The second-order valence-corrected chi connectivity index (χ2v) is 6.49. The van der Waals surface area contributed by atoms with E-state index in [2.05, 4.69) is 9.64 Å². The lowest BCUT2D eigenvalue weighted by Gasteiger charge is -2.34. The zero-order valence-electron chi connectivity index (χ0n) is 15.2. The number of carbonyl (C=O) groups is 1. The van der Waals surface area contributed by atoms with Gasteiger partial charge in [0.2, 0.25) is 0 Å². The fourth-order valence-corrected chi connectivity index (χ4v) is 3.01. The van der Waals surface area contributed by atoms with Crippen LogP contribution in [0.1, 0.15) is 15.9 Å². The van der Waals surface area contributed by atoms with Crippen LogP contribution in [0, 0.1) is 5.82 Å². The molecule has 1 saturated heterocycles. The van der Waals surface area contributed by atoms with Crippen molar-refractivity contribution < 1.29 is 22.7 Å². The summed E-state index contributed by atoms with van der Waals surface area (Å²) in [5.41, 5.74) is 1.08.